The van der Waals surface area contributed by atoms with Crippen molar-refractivity contribution in [3.63, 3.8) is 0 Å². The number of phosphoric acid groups is 2. The Kier molecular flexibility index (Phi) is 32.6. The van der Waals surface area contributed by atoms with Gasteiger partial charge in [0.25, 0.3) is 0 Å². The Labute approximate surface area is 378 Å². The maximum absolute atomic E-state index is 13.0. The summed E-state index contributed by atoms with van der Waals surface area (Å²) >= 11 is 0. The van der Waals surface area contributed by atoms with Crippen molar-refractivity contribution in [2.45, 2.75) is 179 Å². The van der Waals surface area contributed by atoms with Crippen LogP contribution in [-0.4, -0.2) is 109 Å². The maximum atomic E-state index is 13.0. The van der Waals surface area contributed by atoms with E-state index in [9.17, 15) is 48.8 Å². The fourth-order valence-electron chi connectivity index (χ4n) is 6.19. The molecule has 7 N–H and O–H groups in total. The molecule has 1 saturated carbocycles. The van der Waals surface area contributed by atoms with Crippen LogP contribution >= 0.6 is 15.6 Å². The number of unbranched alkanes of at least 4 members (excludes halogenated alkanes) is 9. The molecule has 0 aromatic rings. The van der Waals surface area contributed by atoms with E-state index >= 15 is 0 Å². The van der Waals surface area contributed by atoms with Gasteiger partial charge in [0, 0.05) is 19.3 Å². The number of aliphatic hydroxyl groups is 4. The summed E-state index contributed by atoms with van der Waals surface area (Å²) in [6.07, 6.45) is 22.9. The lowest BCUT2D eigenvalue weighted by molar-refractivity contribution is -0.216. The second kappa shape index (κ2) is 35.3. The molecule has 5 unspecified atom stereocenters. The molecule has 8 atom stereocenters. The van der Waals surface area contributed by atoms with Gasteiger partial charge in [0.15, 0.2) is 11.9 Å². The SMILES string of the molecule is CCC/C=C\C/C=C\CCCCCCCC(=O)OC[C@H](COP(=O)(O)O[C@H]1C(O)C(O)C(O)[C@@H](OP(=O)(O)O)C1O)OC(=O)CCC/C=C\C/C=C\C/C=C\C=C\C(=O)CCCCC. The van der Waals surface area contributed by atoms with E-state index in [0.717, 1.165) is 70.6 Å². The number of phosphoric ester groups is 2. The van der Waals surface area contributed by atoms with E-state index in [4.69, 9.17) is 28.3 Å². The van der Waals surface area contributed by atoms with Gasteiger partial charge in [-0.3, -0.25) is 28.0 Å². The lowest BCUT2D eigenvalue weighted by Crippen LogP contribution is -2.64. The predicted molar refractivity (Wildman–Crippen MR) is 241 cm³/mol. The van der Waals surface area contributed by atoms with E-state index in [2.05, 4.69) is 42.7 Å². The molecular formula is C45H74O17P2. The lowest BCUT2D eigenvalue weighted by atomic mass is 9.85. The predicted octanol–water partition coefficient (Wildman–Crippen LogP) is 7.24. The van der Waals surface area contributed by atoms with Crippen LogP contribution in [0.2, 0.25) is 0 Å². The monoisotopic (exact) mass is 948 g/mol. The Bertz CT molecular complexity index is 1590. The van der Waals surface area contributed by atoms with Gasteiger partial charge in [-0.2, -0.15) is 0 Å². The molecule has 0 aliphatic heterocycles. The zero-order chi connectivity index (χ0) is 47.6. The van der Waals surface area contributed by atoms with Crippen LogP contribution in [0, 0.1) is 0 Å². The molecular weight excluding hydrogens is 874 g/mol. The van der Waals surface area contributed by atoms with E-state index in [0.29, 0.717) is 38.5 Å². The Hall–Kier alpha value is -2.89. The molecule has 0 heterocycles. The van der Waals surface area contributed by atoms with Crippen LogP contribution in [0.15, 0.2) is 72.9 Å². The first-order valence-electron chi connectivity index (χ1n) is 22.4. The number of rotatable bonds is 36. The average Bonchev–Trinajstić information content (AvgIpc) is 3.24. The molecule has 1 aliphatic carbocycles. The number of aliphatic hydroxyl groups excluding tert-OH is 4. The van der Waals surface area contributed by atoms with Gasteiger partial charge in [-0.05, 0) is 70.3 Å². The Balaban J connectivity index is 2.70. The number of ether oxygens (including phenoxy) is 2. The van der Waals surface area contributed by atoms with Gasteiger partial charge in [-0.1, -0.05) is 119 Å². The van der Waals surface area contributed by atoms with E-state index in [-0.39, 0.29) is 18.6 Å². The molecule has 64 heavy (non-hydrogen) atoms. The number of allylic oxidation sites excluding steroid dienone is 12. The molecule has 0 amide bonds. The van der Waals surface area contributed by atoms with Crippen molar-refractivity contribution in [1.82, 2.24) is 0 Å². The second-order valence-electron chi connectivity index (χ2n) is 15.4. The summed E-state index contributed by atoms with van der Waals surface area (Å²) in [6, 6.07) is 0. The number of carbonyl (C=O) groups excluding carboxylic acids is 3. The number of esters is 2. The summed E-state index contributed by atoms with van der Waals surface area (Å²) in [4.78, 5) is 65.9. The molecule has 0 aromatic heterocycles. The average molecular weight is 949 g/mol. The summed E-state index contributed by atoms with van der Waals surface area (Å²) < 4.78 is 49.2. The Morgan fingerprint density at radius 1 is 0.547 bits per heavy atom. The van der Waals surface area contributed by atoms with Gasteiger partial charge in [0.05, 0.1) is 6.61 Å². The van der Waals surface area contributed by atoms with Gasteiger partial charge >= 0.3 is 27.6 Å². The number of ketones is 1. The molecule has 17 nitrogen and oxygen atoms in total. The topological polar surface area (TPSA) is 273 Å². The summed E-state index contributed by atoms with van der Waals surface area (Å²) in [6.45, 7) is 2.80. The van der Waals surface area contributed by atoms with Gasteiger partial charge in [-0.25, -0.2) is 9.13 Å². The molecule has 0 spiro atoms. The molecule has 1 rings (SSSR count). The van der Waals surface area contributed by atoms with Crippen LogP contribution in [0.5, 0.6) is 0 Å². The third-order valence-electron chi connectivity index (χ3n) is 9.71. The molecule has 1 fully saturated rings. The van der Waals surface area contributed by atoms with Crippen LogP contribution in [0.1, 0.15) is 136 Å². The van der Waals surface area contributed by atoms with Gasteiger partial charge in [0.2, 0.25) is 0 Å². The van der Waals surface area contributed by atoms with E-state index < -0.39 is 83.5 Å². The highest BCUT2D eigenvalue weighted by Gasteiger charge is 2.54. The molecule has 19 heteroatoms. The fraction of sp³-hybridized carbons (Fsp3) is 0.667. The highest BCUT2D eigenvalue weighted by atomic mass is 31.2. The minimum atomic E-state index is -5.38. The van der Waals surface area contributed by atoms with Crippen molar-refractivity contribution in [1.29, 1.82) is 0 Å². The van der Waals surface area contributed by atoms with Crippen LogP contribution in [-0.2, 0) is 46.6 Å². The maximum Gasteiger partial charge on any atom is 0.472 e. The molecule has 366 valence electrons. The van der Waals surface area contributed by atoms with Gasteiger partial charge < -0.3 is 44.6 Å². The zero-order valence-electron chi connectivity index (χ0n) is 37.4. The highest BCUT2D eigenvalue weighted by molar-refractivity contribution is 7.47. The highest BCUT2D eigenvalue weighted by Crippen LogP contribution is 2.49. The first-order chi connectivity index (χ1) is 30.5. The Morgan fingerprint density at radius 3 is 1.73 bits per heavy atom. The fourth-order valence-corrected chi connectivity index (χ4v) is 7.73. The van der Waals surface area contributed by atoms with Crippen LogP contribution < -0.4 is 0 Å². The zero-order valence-corrected chi connectivity index (χ0v) is 39.2. The number of carbonyl (C=O) groups is 3. The third-order valence-corrected chi connectivity index (χ3v) is 11.2. The quantitative estimate of drug-likeness (QED) is 0.00814. The van der Waals surface area contributed by atoms with Crippen LogP contribution in [0.25, 0.3) is 0 Å². The molecule has 0 radical (unpaired) electrons. The van der Waals surface area contributed by atoms with Crippen molar-refractivity contribution in [2.24, 2.45) is 0 Å². The molecule has 0 aromatic carbocycles. The summed E-state index contributed by atoms with van der Waals surface area (Å²) in [5.74, 6) is -1.21. The lowest BCUT2D eigenvalue weighted by Gasteiger charge is -2.43. The van der Waals surface area contributed by atoms with Gasteiger partial charge in [-0.15, -0.1) is 0 Å². The third kappa shape index (κ3) is 29.6. The van der Waals surface area contributed by atoms with E-state index in [1.165, 1.54) is 0 Å². The molecule has 0 bridgehead atoms. The van der Waals surface area contributed by atoms with Crippen molar-refractivity contribution in [3.05, 3.63) is 72.9 Å². The van der Waals surface area contributed by atoms with Gasteiger partial charge in [0.1, 0.15) is 43.2 Å². The number of hydrogen-bond acceptors (Lipinski definition) is 14. The summed E-state index contributed by atoms with van der Waals surface area (Å²) in [7, 11) is -10.7. The minimum absolute atomic E-state index is 0.0647. The van der Waals surface area contributed by atoms with Crippen molar-refractivity contribution < 1.29 is 81.7 Å². The van der Waals surface area contributed by atoms with Crippen molar-refractivity contribution in [3.8, 4) is 0 Å². The van der Waals surface area contributed by atoms with E-state index in [1.807, 2.05) is 36.5 Å². The standard InChI is InChI=1S/C45H74O17P2/c1-3-5-7-8-9-10-11-12-15-18-21-24-28-32-38(47)58-34-37(35-59-64(56,57)62-45-42(51)40(49)41(50)44(43(45)52)61-63(53,54)55)60-39(48)33-29-25-22-19-16-13-14-17-20-23-27-31-36(46)30-26-6-4-2/h7-8,10-11,13-14,19-20,22-23,27,31,37,40-45,49-52H,3-6,9,12,15-18,21,24-26,28-30,32-35H2,1-2H3,(H,56,57)(H2,53,54,55)/b8-7-,11-10-,14-13-,22-19-,23-20-,31-27+/t37-,40?,41?,42?,43?,44-,45+/m1/s1. The van der Waals surface area contributed by atoms with Crippen LogP contribution in [0.4, 0.5) is 0 Å². The number of hydrogen-bond donors (Lipinski definition) is 7. The summed E-state index contributed by atoms with van der Waals surface area (Å²) in [5.41, 5.74) is 0. The molecule has 1 aliphatic rings. The van der Waals surface area contributed by atoms with Crippen molar-refractivity contribution >= 4 is 33.4 Å². The first kappa shape index (κ1) is 59.1. The second-order valence-corrected chi connectivity index (χ2v) is 18.0. The smallest absolute Gasteiger partial charge is 0.462 e. The largest absolute Gasteiger partial charge is 0.472 e. The van der Waals surface area contributed by atoms with Crippen molar-refractivity contribution in [2.75, 3.05) is 13.2 Å². The molecule has 0 saturated heterocycles. The normalized spacial score (nSPS) is 22.4. The first-order valence-corrected chi connectivity index (χ1v) is 25.5. The van der Waals surface area contributed by atoms with Crippen LogP contribution in [0.3, 0.4) is 0 Å². The minimum Gasteiger partial charge on any atom is -0.462 e. The summed E-state index contributed by atoms with van der Waals surface area (Å²) in [5, 5.41) is 41.2. The Morgan fingerprint density at radius 2 is 1.09 bits per heavy atom. The van der Waals surface area contributed by atoms with E-state index in [1.54, 1.807) is 12.2 Å².